The number of carboxylic acid groups (broad SMARTS) is 2. The number of carboxylic acids is 2. The molecule has 0 heterocycles. The predicted molar refractivity (Wildman–Crippen MR) is 127 cm³/mol. The summed E-state index contributed by atoms with van der Waals surface area (Å²) in [5.41, 5.74) is 6.80. The quantitative estimate of drug-likeness (QED) is 0.513. The van der Waals surface area contributed by atoms with Gasteiger partial charge in [0.15, 0.2) is 0 Å². The molecule has 0 aromatic heterocycles. The molecular weight excluding hydrogens is 420 g/mol. The maximum atomic E-state index is 11.2. The van der Waals surface area contributed by atoms with Crippen molar-refractivity contribution >= 4 is 17.7 Å². The van der Waals surface area contributed by atoms with Gasteiger partial charge >= 0.3 is 11.9 Å². The molecule has 2 aromatic carbocycles. The van der Waals surface area contributed by atoms with Crippen molar-refractivity contribution in [2.24, 2.45) is 5.73 Å². The number of carbonyl (C=O) groups is 3. The van der Waals surface area contributed by atoms with Crippen molar-refractivity contribution in [1.29, 1.82) is 0 Å². The number of nitrogens with one attached hydrogen (secondary N) is 1. The van der Waals surface area contributed by atoms with Crippen LogP contribution in [0.25, 0.3) is 0 Å². The third-order valence-corrected chi connectivity index (χ3v) is 5.72. The van der Waals surface area contributed by atoms with Crippen molar-refractivity contribution in [2.75, 3.05) is 0 Å². The molecule has 2 fully saturated rings. The van der Waals surface area contributed by atoms with Gasteiger partial charge in [0.1, 0.15) is 17.9 Å². The first kappa shape index (κ1) is 26.2. The van der Waals surface area contributed by atoms with Crippen LogP contribution >= 0.6 is 0 Å². The molecule has 0 bridgehead atoms. The van der Waals surface area contributed by atoms with Crippen LogP contribution < -0.4 is 11.1 Å². The van der Waals surface area contributed by atoms with Crippen molar-refractivity contribution in [1.82, 2.24) is 5.32 Å². The normalized spacial score (nSPS) is 17.2. The molecule has 7 nitrogen and oxygen atoms in total. The van der Waals surface area contributed by atoms with Crippen molar-refractivity contribution in [2.45, 2.75) is 69.5 Å². The average Bonchev–Trinajstić information content (AvgIpc) is 3.52. The van der Waals surface area contributed by atoms with Gasteiger partial charge < -0.3 is 15.9 Å². The highest BCUT2D eigenvalue weighted by atomic mass is 16.4. The number of carbonyl (C=O) groups excluding carboxylic acids is 1. The van der Waals surface area contributed by atoms with E-state index in [1.165, 1.54) is 12.8 Å². The van der Waals surface area contributed by atoms with E-state index in [0.717, 1.165) is 44.1 Å². The largest absolute Gasteiger partial charge is 0.480 e. The van der Waals surface area contributed by atoms with Gasteiger partial charge in [0, 0.05) is 18.9 Å². The number of hydrogen-bond acceptors (Lipinski definition) is 5. The van der Waals surface area contributed by atoms with E-state index in [9.17, 15) is 19.5 Å². The van der Waals surface area contributed by atoms with Gasteiger partial charge in [0.05, 0.1) is 0 Å². The number of rotatable bonds is 6. The summed E-state index contributed by atoms with van der Waals surface area (Å²) in [7, 11) is 0. The zero-order chi connectivity index (χ0) is 24.1. The Balaban J connectivity index is 0.000000195. The second-order valence-corrected chi connectivity index (χ2v) is 8.30. The van der Waals surface area contributed by atoms with E-state index in [2.05, 4.69) is 5.32 Å². The predicted octanol–water partition coefficient (Wildman–Crippen LogP) is 4.25. The Hall–Kier alpha value is -3.03. The van der Waals surface area contributed by atoms with E-state index in [1.54, 1.807) is 24.3 Å². The topological polar surface area (TPSA) is 130 Å². The first-order chi connectivity index (χ1) is 15.9. The van der Waals surface area contributed by atoms with Gasteiger partial charge in [-0.3, -0.25) is 19.7 Å². The van der Waals surface area contributed by atoms with E-state index in [1.807, 2.05) is 36.4 Å². The molecule has 0 spiro atoms. The first-order valence-electron chi connectivity index (χ1n) is 11.5. The number of nitrogens with two attached hydrogens (primary N) is 1. The smallest absolute Gasteiger partial charge is 0.325 e. The van der Waals surface area contributed by atoms with Crippen LogP contribution in [0.15, 0.2) is 60.7 Å². The molecule has 0 amide bonds. The van der Waals surface area contributed by atoms with Gasteiger partial charge in [-0.15, -0.1) is 0 Å². The molecule has 5 N–H and O–H groups in total. The van der Waals surface area contributed by atoms with Gasteiger partial charge in [0.2, 0.25) is 0 Å². The minimum atomic E-state index is -1.00. The van der Waals surface area contributed by atoms with Crippen LogP contribution in [0.2, 0.25) is 0 Å². The van der Waals surface area contributed by atoms with Crippen LogP contribution in [0.4, 0.5) is 0 Å². The lowest BCUT2D eigenvalue weighted by Crippen LogP contribution is -2.35. The molecule has 2 aliphatic rings. The maximum absolute atomic E-state index is 11.2. The molecule has 2 atom stereocenters. The maximum Gasteiger partial charge on any atom is 0.325 e. The highest BCUT2D eigenvalue weighted by Gasteiger charge is 2.24. The van der Waals surface area contributed by atoms with E-state index in [0.29, 0.717) is 17.4 Å². The number of benzene rings is 2. The van der Waals surface area contributed by atoms with Crippen molar-refractivity contribution in [3.8, 4) is 0 Å². The summed E-state index contributed by atoms with van der Waals surface area (Å²) in [6.45, 7) is 0. The third-order valence-electron chi connectivity index (χ3n) is 5.72. The van der Waals surface area contributed by atoms with E-state index in [4.69, 9.17) is 10.8 Å². The molecular formula is C26H34N2O5. The van der Waals surface area contributed by atoms with Crippen LogP contribution in [0, 0.1) is 0 Å². The summed E-state index contributed by atoms with van der Waals surface area (Å²) in [5, 5.41) is 21.0. The Morgan fingerprint density at radius 1 is 0.788 bits per heavy atom. The lowest BCUT2D eigenvalue weighted by atomic mass is 10.1. The lowest BCUT2D eigenvalue weighted by Gasteiger charge is -2.19. The minimum Gasteiger partial charge on any atom is -0.480 e. The van der Waals surface area contributed by atoms with Crippen molar-refractivity contribution in [3.63, 3.8) is 0 Å². The van der Waals surface area contributed by atoms with Crippen LogP contribution in [0.5, 0.6) is 0 Å². The van der Waals surface area contributed by atoms with E-state index >= 15 is 0 Å². The molecule has 0 radical (unpaired) electrons. The zero-order valence-corrected chi connectivity index (χ0v) is 18.9. The highest BCUT2D eigenvalue weighted by molar-refractivity contribution is 5.80. The molecule has 2 aromatic rings. The summed E-state index contributed by atoms with van der Waals surface area (Å²) in [6.07, 6.45) is 8.57. The summed E-state index contributed by atoms with van der Waals surface area (Å²) in [6, 6.07) is 17.0. The van der Waals surface area contributed by atoms with Gasteiger partial charge in [-0.1, -0.05) is 73.5 Å². The Bertz CT molecular complexity index is 859. The average molecular weight is 455 g/mol. The molecule has 7 heteroatoms. The molecule has 0 aliphatic heterocycles. The number of Topliss-reactive ketones (excluding diaryl/α,β-unsaturated/α-hetero) is 1. The van der Waals surface area contributed by atoms with Crippen LogP contribution in [0.3, 0.4) is 0 Å². The van der Waals surface area contributed by atoms with E-state index < -0.39 is 24.0 Å². The second-order valence-electron chi connectivity index (χ2n) is 8.30. The summed E-state index contributed by atoms with van der Waals surface area (Å²) in [5.74, 6) is -1.34. The van der Waals surface area contributed by atoms with E-state index in [-0.39, 0.29) is 0 Å². The summed E-state index contributed by atoms with van der Waals surface area (Å²) < 4.78 is 0. The van der Waals surface area contributed by atoms with Crippen molar-refractivity contribution < 1.29 is 24.6 Å². The molecule has 2 saturated carbocycles. The zero-order valence-electron chi connectivity index (χ0n) is 18.9. The second kappa shape index (κ2) is 14.2. The molecule has 178 valence electrons. The fourth-order valence-corrected chi connectivity index (χ4v) is 3.86. The molecule has 0 unspecified atom stereocenters. The monoisotopic (exact) mass is 454 g/mol. The fraction of sp³-hybridized carbons (Fsp3) is 0.423. The first-order valence-corrected chi connectivity index (χ1v) is 11.5. The standard InChI is InChI=1S/C13H17NO2.C8H9NO2.C5H8O/c15-13(16)12(10-6-2-1-3-7-10)14-11-8-4-5-9-11;9-7(8(10)11)6-4-2-1-3-5-6;6-5-3-1-2-4-5/h1-3,6-7,11-12,14H,4-5,8-9H2,(H,15,16);1-5,7H,9H2,(H,10,11);1-4H2/t12-;7-;/m00./s1. The number of hydrogen-bond donors (Lipinski definition) is 4. The lowest BCUT2D eigenvalue weighted by molar-refractivity contribution is -0.140. The summed E-state index contributed by atoms with van der Waals surface area (Å²) in [4.78, 5) is 31.8. The van der Waals surface area contributed by atoms with Crippen LogP contribution in [-0.4, -0.2) is 34.0 Å². The summed E-state index contributed by atoms with van der Waals surface area (Å²) >= 11 is 0. The SMILES string of the molecule is N[C@H](C(=O)O)c1ccccc1.O=C(O)[C@@H](NC1CCCC1)c1ccccc1.O=C1CCCC1. The third kappa shape index (κ3) is 9.55. The Morgan fingerprint density at radius 3 is 1.67 bits per heavy atom. The number of aliphatic carboxylic acids is 2. The minimum absolute atomic E-state index is 0.362. The Morgan fingerprint density at radius 2 is 1.27 bits per heavy atom. The van der Waals surface area contributed by atoms with Gasteiger partial charge in [-0.05, 0) is 36.8 Å². The van der Waals surface area contributed by atoms with Gasteiger partial charge in [-0.2, -0.15) is 0 Å². The number of ketones is 1. The van der Waals surface area contributed by atoms with Crippen LogP contribution in [0.1, 0.15) is 74.6 Å². The molecule has 0 saturated heterocycles. The van der Waals surface area contributed by atoms with Gasteiger partial charge in [0.25, 0.3) is 0 Å². The van der Waals surface area contributed by atoms with Crippen LogP contribution in [-0.2, 0) is 14.4 Å². The molecule has 2 aliphatic carbocycles. The fourth-order valence-electron chi connectivity index (χ4n) is 3.86. The molecule has 4 rings (SSSR count). The molecule has 33 heavy (non-hydrogen) atoms. The van der Waals surface area contributed by atoms with Gasteiger partial charge in [-0.25, -0.2) is 0 Å². The Labute approximate surface area is 195 Å². The van der Waals surface area contributed by atoms with Crippen molar-refractivity contribution in [3.05, 3.63) is 71.8 Å². The Kier molecular flexibility index (Phi) is 11.3. The highest BCUT2D eigenvalue weighted by Crippen LogP contribution is 2.22.